The molecule has 0 unspecified atom stereocenters. The highest BCUT2D eigenvalue weighted by atomic mass is 16.6. The zero-order chi connectivity index (χ0) is 18.6. The number of nitrogens with zero attached hydrogens (tertiary/aromatic N) is 2. The number of hydrogen-bond acceptors (Lipinski definition) is 5. The highest BCUT2D eigenvalue weighted by Crippen LogP contribution is 2.30. The molecule has 1 aliphatic heterocycles. The molecular formula is C18H27N3O4. The SMILES string of the molecule is C[C@H](c1ccccc1[N+](=O)[O-])N1CCC(NC(=O)OC(C)(C)C)CC1. The van der Waals surface area contributed by atoms with E-state index in [2.05, 4.69) is 10.2 Å². The van der Waals surface area contributed by atoms with E-state index in [0.29, 0.717) is 0 Å². The second-order valence-electron chi connectivity index (χ2n) is 7.45. The van der Waals surface area contributed by atoms with Gasteiger partial charge in [0, 0.05) is 36.8 Å². The lowest BCUT2D eigenvalue weighted by molar-refractivity contribution is -0.386. The molecule has 1 aromatic rings. The lowest BCUT2D eigenvalue weighted by Gasteiger charge is -2.36. The Hall–Kier alpha value is -2.15. The van der Waals surface area contributed by atoms with E-state index >= 15 is 0 Å². The summed E-state index contributed by atoms with van der Waals surface area (Å²) in [7, 11) is 0. The zero-order valence-corrected chi connectivity index (χ0v) is 15.3. The zero-order valence-electron chi connectivity index (χ0n) is 15.3. The number of alkyl carbamates (subject to hydrolysis) is 1. The van der Waals surface area contributed by atoms with Crippen molar-refractivity contribution in [2.75, 3.05) is 13.1 Å². The van der Waals surface area contributed by atoms with Gasteiger partial charge in [-0.05, 0) is 40.5 Å². The molecule has 0 aromatic heterocycles. The first-order valence-corrected chi connectivity index (χ1v) is 8.64. The summed E-state index contributed by atoms with van der Waals surface area (Å²) >= 11 is 0. The molecule has 138 valence electrons. The van der Waals surface area contributed by atoms with Gasteiger partial charge in [0.1, 0.15) is 5.60 Å². The van der Waals surface area contributed by atoms with Crippen LogP contribution in [0.15, 0.2) is 24.3 Å². The fourth-order valence-corrected chi connectivity index (χ4v) is 3.11. The fraction of sp³-hybridized carbons (Fsp3) is 0.611. The van der Waals surface area contributed by atoms with Crippen molar-refractivity contribution in [3.05, 3.63) is 39.9 Å². The lowest BCUT2D eigenvalue weighted by Crippen LogP contribution is -2.46. The van der Waals surface area contributed by atoms with Crippen molar-refractivity contribution < 1.29 is 14.5 Å². The van der Waals surface area contributed by atoms with Crippen molar-refractivity contribution in [2.24, 2.45) is 0 Å². The van der Waals surface area contributed by atoms with Crippen LogP contribution in [-0.2, 0) is 4.74 Å². The van der Waals surface area contributed by atoms with Gasteiger partial charge in [0.2, 0.25) is 0 Å². The van der Waals surface area contributed by atoms with Crippen LogP contribution in [0.5, 0.6) is 0 Å². The molecule has 1 atom stereocenters. The van der Waals surface area contributed by atoms with Gasteiger partial charge in [-0.25, -0.2) is 4.79 Å². The summed E-state index contributed by atoms with van der Waals surface area (Å²) in [6.45, 7) is 9.04. The van der Waals surface area contributed by atoms with Gasteiger partial charge in [-0.1, -0.05) is 18.2 Å². The van der Waals surface area contributed by atoms with E-state index in [1.54, 1.807) is 12.1 Å². The highest BCUT2D eigenvalue weighted by Gasteiger charge is 2.28. The minimum atomic E-state index is -0.508. The highest BCUT2D eigenvalue weighted by molar-refractivity contribution is 5.68. The Morgan fingerprint density at radius 1 is 1.32 bits per heavy atom. The minimum Gasteiger partial charge on any atom is -0.444 e. The van der Waals surface area contributed by atoms with Gasteiger partial charge in [-0.2, -0.15) is 0 Å². The maximum absolute atomic E-state index is 11.9. The average molecular weight is 349 g/mol. The van der Waals surface area contributed by atoms with Crippen molar-refractivity contribution in [3.63, 3.8) is 0 Å². The third-order valence-corrected chi connectivity index (χ3v) is 4.38. The molecule has 7 nitrogen and oxygen atoms in total. The lowest BCUT2D eigenvalue weighted by atomic mass is 9.99. The summed E-state index contributed by atoms with van der Waals surface area (Å²) in [5.41, 5.74) is 0.376. The van der Waals surface area contributed by atoms with Gasteiger partial charge in [0.25, 0.3) is 5.69 Å². The van der Waals surface area contributed by atoms with Crippen LogP contribution < -0.4 is 5.32 Å². The molecule has 1 saturated heterocycles. The number of nitrogens with one attached hydrogen (secondary N) is 1. The molecule has 7 heteroatoms. The molecule has 1 heterocycles. The Labute approximate surface area is 148 Å². The van der Waals surface area contributed by atoms with Crippen molar-refractivity contribution in [1.29, 1.82) is 0 Å². The number of para-hydroxylation sites is 1. The molecule has 1 N–H and O–H groups in total. The number of likely N-dealkylation sites (tertiary alicyclic amines) is 1. The number of ether oxygens (including phenoxy) is 1. The van der Waals surface area contributed by atoms with Crippen LogP contribution in [0, 0.1) is 10.1 Å². The maximum atomic E-state index is 11.9. The molecule has 0 saturated carbocycles. The Bertz CT molecular complexity index is 619. The molecule has 2 rings (SSSR count). The van der Waals surface area contributed by atoms with Crippen LogP contribution in [0.1, 0.15) is 52.1 Å². The molecular weight excluding hydrogens is 322 g/mol. The first-order chi connectivity index (χ1) is 11.7. The second kappa shape index (κ2) is 7.82. The summed E-state index contributed by atoms with van der Waals surface area (Å²) in [4.78, 5) is 25.0. The number of carbonyl (C=O) groups is 1. The van der Waals surface area contributed by atoms with E-state index in [-0.39, 0.29) is 22.7 Å². The van der Waals surface area contributed by atoms with Gasteiger partial charge in [0.05, 0.1) is 4.92 Å². The summed E-state index contributed by atoms with van der Waals surface area (Å²) in [5, 5.41) is 14.1. The summed E-state index contributed by atoms with van der Waals surface area (Å²) in [6, 6.07) is 6.91. The van der Waals surface area contributed by atoms with Crippen molar-refractivity contribution in [3.8, 4) is 0 Å². The van der Waals surface area contributed by atoms with Gasteiger partial charge in [0.15, 0.2) is 0 Å². The maximum Gasteiger partial charge on any atom is 0.407 e. The molecule has 0 bridgehead atoms. The molecule has 0 aliphatic carbocycles. The molecule has 25 heavy (non-hydrogen) atoms. The van der Waals surface area contributed by atoms with Crippen LogP contribution in [0.2, 0.25) is 0 Å². The first-order valence-electron chi connectivity index (χ1n) is 8.64. The van der Waals surface area contributed by atoms with Gasteiger partial charge < -0.3 is 10.1 Å². The quantitative estimate of drug-likeness (QED) is 0.662. The number of benzene rings is 1. The summed E-state index contributed by atoms with van der Waals surface area (Å²) in [5.74, 6) is 0. The monoisotopic (exact) mass is 349 g/mol. The van der Waals surface area contributed by atoms with Crippen LogP contribution in [0.25, 0.3) is 0 Å². The average Bonchev–Trinajstić information content (AvgIpc) is 2.53. The van der Waals surface area contributed by atoms with Crippen molar-refractivity contribution in [1.82, 2.24) is 10.2 Å². The second-order valence-corrected chi connectivity index (χ2v) is 7.45. The van der Waals surface area contributed by atoms with E-state index in [4.69, 9.17) is 4.74 Å². The van der Waals surface area contributed by atoms with Crippen LogP contribution in [0.3, 0.4) is 0 Å². The van der Waals surface area contributed by atoms with Crippen LogP contribution >= 0.6 is 0 Å². The third-order valence-electron chi connectivity index (χ3n) is 4.38. The van der Waals surface area contributed by atoms with Gasteiger partial charge in [-0.3, -0.25) is 15.0 Å². The van der Waals surface area contributed by atoms with E-state index in [0.717, 1.165) is 31.5 Å². The van der Waals surface area contributed by atoms with E-state index in [1.807, 2.05) is 39.8 Å². The predicted molar refractivity (Wildman–Crippen MR) is 95.5 cm³/mol. The summed E-state index contributed by atoms with van der Waals surface area (Å²) < 4.78 is 5.29. The van der Waals surface area contributed by atoms with E-state index in [9.17, 15) is 14.9 Å². The Balaban J connectivity index is 1.92. The molecule has 1 aliphatic rings. The predicted octanol–water partition coefficient (Wildman–Crippen LogP) is 3.64. The van der Waals surface area contributed by atoms with Gasteiger partial charge in [-0.15, -0.1) is 0 Å². The Kier molecular flexibility index (Phi) is 6.00. The number of nitro benzene ring substituents is 1. The number of piperidine rings is 1. The first kappa shape index (κ1) is 19.2. The van der Waals surface area contributed by atoms with E-state index < -0.39 is 11.7 Å². The molecule has 0 radical (unpaired) electrons. The van der Waals surface area contributed by atoms with Crippen LogP contribution in [0.4, 0.5) is 10.5 Å². The normalized spacial score (nSPS) is 17.8. The topological polar surface area (TPSA) is 84.7 Å². The molecule has 1 fully saturated rings. The molecule has 1 aromatic carbocycles. The Morgan fingerprint density at radius 2 is 1.92 bits per heavy atom. The molecule has 1 amide bonds. The minimum absolute atomic E-state index is 0.0379. The van der Waals surface area contributed by atoms with Crippen LogP contribution in [-0.4, -0.2) is 40.6 Å². The van der Waals surface area contributed by atoms with Crippen molar-refractivity contribution in [2.45, 2.75) is 58.2 Å². The number of amides is 1. The number of nitro groups is 1. The number of rotatable bonds is 4. The van der Waals surface area contributed by atoms with E-state index in [1.165, 1.54) is 0 Å². The van der Waals surface area contributed by atoms with Gasteiger partial charge >= 0.3 is 6.09 Å². The third kappa shape index (κ3) is 5.42. The molecule has 0 spiro atoms. The largest absolute Gasteiger partial charge is 0.444 e. The number of carbonyl (C=O) groups excluding carboxylic acids is 1. The summed E-state index contributed by atoms with van der Waals surface area (Å²) in [6.07, 6.45) is 1.20. The van der Waals surface area contributed by atoms with Crippen molar-refractivity contribution >= 4 is 11.8 Å². The smallest absolute Gasteiger partial charge is 0.407 e. The number of hydrogen-bond donors (Lipinski definition) is 1. The fourth-order valence-electron chi connectivity index (χ4n) is 3.11. The Morgan fingerprint density at radius 3 is 2.48 bits per heavy atom. The standard InChI is InChI=1S/C18H27N3O4/c1-13(15-7-5-6-8-16(15)21(23)24)20-11-9-14(10-12-20)19-17(22)25-18(2,3)4/h5-8,13-14H,9-12H2,1-4H3,(H,19,22)/t13-/m1/s1.